The Morgan fingerprint density at radius 3 is 2.90 bits per heavy atom. The lowest BCUT2D eigenvalue weighted by atomic mass is 10.1. The second-order valence-corrected chi connectivity index (χ2v) is 5.34. The maximum atomic E-state index is 11.7. The Morgan fingerprint density at radius 2 is 2.14 bits per heavy atom. The van der Waals surface area contributed by atoms with Gasteiger partial charge in [0, 0.05) is 6.54 Å². The van der Waals surface area contributed by atoms with Gasteiger partial charge in [-0.2, -0.15) is 0 Å². The van der Waals surface area contributed by atoms with Crippen LogP contribution in [0, 0.1) is 0 Å². The van der Waals surface area contributed by atoms with Crippen LogP contribution in [-0.2, 0) is 11.3 Å². The number of carbonyl (C=O) groups is 1. The van der Waals surface area contributed by atoms with Gasteiger partial charge in [0.2, 0.25) is 0 Å². The highest BCUT2D eigenvalue weighted by molar-refractivity contribution is 7.19. The van der Waals surface area contributed by atoms with Gasteiger partial charge in [0.15, 0.2) is 5.13 Å². The summed E-state index contributed by atoms with van der Waals surface area (Å²) in [7, 11) is 1.52. The van der Waals surface area contributed by atoms with Crippen molar-refractivity contribution in [2.24, 2.45) is 0 Å². The Morgan fingerprint density at radius 1 is 1.33 bits per heavy atom. The molecule has 1 heterocycles. The molecular formula is C14H18N4O2S. The first kappa shape index (κ1) is 15.3. The third kappa shape index (κ3) is 5.41. The normalized spacial score (nSPS) is 10.1. The van der Waals surface area contributed by atoms with Crippen molar-refractivity contribution < 1.29 is 9.63 Å². The monoisotopic (exact) mass is 306 g/mol. The van der Waals surface area contributed by atoms with Crippen LogP contribution in [0.3, 0.4) is 0 Å². The van der Waals surface area contributed by atoms with Crippen LogP contribution < -0.4 is 16.1 Å². The van der Waals surface area contributed by atoms with E-state index in [-0.39, 0.29) is 6.03 Å². The summed E-state index contributed by atoms with van der Waals surface area (Å²) in [6.45, 7) is 0.620. The minimum atomic E-state index is -0.249. The second-order valence-electron chi connectivity index (χ2n) is 4.31. The first-order valence-corrected chi connectivity index (χ1v) is 7.43. The number of rotatable bonds is 7. The summed E-state index contributed by atoms with van der Waals surface area (Å²) in [4.78, 5) is 20.5. The van der Waals surface area contributed by atoms with Crippen molar-refractivity contribution in [2.75, 3.05) is 24.5 Å². The summed E-state index contributed by atoms with van der Waals surface area (Å²) in [5.74, 6) is 0. The molecule has 0 saturated carbocycles. The molecule has 1 aromatic carbocycles. The van der Waals surface area contributed by atoms with Crippen LogP contribution in [0.2, 0.25) is 0 Å². The molecule has 21 heavy (non-hydrogen) atoms. The number of urea groups is 1. The Hall–Kier alpha value is -2.12. The molecule has 0 spiro atoms. The van der Waals surface area contributed by atoms with Gasteiger partial charge in [0.25, 0.3) is 0 Å². The van der Waals surface area contributed by atoms with E-state index < -0.39 is 0 Å². The molecule has 0 aliphatic carbocycles. The maximum absolute atomic E-state index is 11.7. The number of benzene rings is 1. The van der Waals surface area contributed by atoms with Crippen LogP contribution in [-0.4, -0.2) is 24.7 Å². The van der Waals surface area contributed by atoms with Gasteiger partial charge >= 0.3 is 6.03 Å². The average Bonchev–Trinajstić information content (AvgIpc) is 2.92. The van der Waals surface area contributed by atoms with Crippen LogP contribution >= 0.6 is 11.3 Å². The molecule has 1 aromatic heterocycles. The lowest BCUT2D eigenvalue weighted by Crippen LogP contribution is -2.29. The van der Waals surface area contributed by atoms with E-state index in [0.29, 0.717) is 11.7 Å². The highest BCUT2D eigenvalue weighted by Gasteiger charge is 2.05. The van der Waals surface area contributed by atoms with Gasteiger partial charge in [-0.1, -0.05) is 41.7 Å². The number of nitrogens with zero attached hydrogens (tertiary/aromatic N) is 1. The highest BCUT2D eigenvalue weighted by atomic mass is 32.1. The minimum absolute atomic E-state index is 0.249. The van der Waals surface area contributed by atoms with Gasteiger partial charge in [-0.3, -0.25) is 15.6 Å². The summed E-state index contributed by atoms with van der Waals surface area (Å²) in [5.41, 5.74) is 3.93. The average molecular weight is 306 g/mol. The summed E-state index contributed by atoms with van der Waals surface area (Å²) >= 11 is 1.30. The molecule has 0 aliphatic heterocycles. The van der Waals surface area contributed by atoms with E-state index in [1.54, 1.807) is 6.20 Å². The molecule has 112 valence electrons. The first-order valence-electron chi connectivity index (χ1n) is 6.61. The van der Waals surface area contributed by atoms with Crippen LogP contribution in [0.15, 0.2) is 36.5 Å². The molecule has 0 saturated heterocycles. The van der Waals surface area contributed by atoms with Crippen LogP contribution in [0.4, 0.5) is 14.9 Å². The number of carbonyl (C=O) groups excluding carboxylic acids is 1. The Bertz CT molecular complexity index is 559. The number of aryl methyl sites for hydroxylation is 1. The highest BCUT2D eigenvalue weighted by Crippen LogP contribution is 2.22. The SMILES string of the molecule is CONc1cnc(NC(=O)NCCCc2ccccc2)s1. The van der Waals surface area contributed by atoms with Crippen molar-refractivity contribution in [1.82, 2.24) is 10.3 Å². The van der Waals surface area contributed by atoms with Crippen molar-refractivity contribution in [1.29, 1.82) is 0 Å². The molecule has 2 amide bonds. The molecule has 3 N–H and O–H groups in total. The van der Waals surface area contributed by atoms with Crippen molar-refractivity contribution >= 4 is 27.5 Å². The van der Waals surface area contributed by atoms with E-state index in [2.05, 4.69) is 33.2 Å². The van der Waals surface area contributed by atoms with Crippen LogP contribution in [0.1, 0.15) is 12.0 Å². The minimum Gasteiger partial charge on any atom is -0.338 e. The Balaban J connectivity index is 1.65. The van der Waals surface area contributed by atoms with Gasteiger partial charge < -0.3 is 5.32 Å². The quantitative estimate of drug-likeness (QED) is 0.543. The molecule has 6 nitrogen and oxygen atoms in total. The number of nitrogens with one attached hydrogen (secondary N) is 3. The summed E-state index contributed by atoms with van der Waals surface area (Å²) in [5, 5.41) is 6.75. The third-order valence-electron chi connectivity index (χ3n) is 2.70. The van der Waals surface area contributed by atoms with Crippen LogP contribution in [0.5, 0.6) is 0 Å². The Labute approximate surface area is 127 Å². The van der Waals surface area contributed by atoms with Gasteiger partial charge in [0.1, 0.15) is 5.00 Å². The lowest BCUT2D eigenvalue weighted by Gasteiger charge is -2.05. The third-order valence-corrected chi connectivity index (χ3v) is 3.51. The fourth-order valence-electron chi connectivity index (χ4n) is 1.76. The predicted octanol–water partition coefficient (Wildman–Crippen LogP) is 2.87. The van der Waals surface area contributed by atoms with Gasteiger partial charge in [-0.05, 0) is 18.4 Å². The van der Waals surface area contributed by atoms with Crippen molar-refractivity contribution in [3.63, 3.8) is 0 Å². The fraction of sp³-hybridized carbons (Fsp3) is 0.286. The van der Waals surface area contributed by atoms with E-state index in [0.717, 1.165) is 17.8 Å². The smallest absolute Gasteiger partial charge is 0.321 e. The number of hydrogen-bond acceptors (Lipinski definition) is 5. The van der Waals surface area contributed by atoms with E-state index in [9.17, 15) is 4.79 Å². The zero-order valence-electron chi connectivity index (χ0n) is 11.8. The molecule has 2 rings (SSSR count). The molecular weight excluding hydrogens is 288 g/mol. The van der Waals surface area contributed by atoms with Gasteiger partial charge in [-0.15, -0.1) is 0 Å². The van der Waals surface area contributed by atoms with E-state index >= 15 is 0 Å². The molecule has 0 radical (unpaired) electrons. The maximum Gasteiger partial charge on any atom is 0.321 e. The van der Waals surface area contributed by atoms with Crippen molar-refractivity contribution in [2.45, 2.75) is 12.8 Å². The van der Waals surface area contributed by atoms with Crippen molar-refractivity contribution in [3.05, 3.63) is 42.1 Å². The summed E-state index contributed by atoms with van der Waals surface area (Å²) in [6.07, 6.45) is 3.44. The molecule has 0 unspecified atom stereocenters. The fourth-order valence-corrected chi connectivity index (χ4v) is 2.45. The molecule has 0 fully saturated rings. The Kier molecular flexibility index (Phi) is 5.99. The largest absolute Gasteiger partial charge is 0.338 e. The zero-order chi connectivity index (χ0) is 14.9. The lowest BCUT2D eigenvalue weighted by molar-refractivity contribution is 0.252. The number of hydrogen-bond donors (Lipinski definition) is 3. The summed E-state index contributed by atoms with van der Waals surface area (Å²) < 4.78 is 0. The number of amides is 2. The zero-order valence-corrected chi connectivity index (χ0v) is 12.6. The van der Waals surface area contributed by atoms with Crippen molar-refractivity contribution in [3.8, 4) is 0 Å². The molecule has 0 atom stereocenters. The van der Waals surface area contributed by atoms with E-state index in [1.807, 2.05) is 18.2 Å². The van der Waals surface area contributed by atoms with Gasteiger partial charge in [0.05, 0.1) is 13.3 Å². The standard InChI is InChI=1S/C14H18N4O2S/c1-20-18-12-10-16-14(21-12)17-13(19)15-9-5-8-11-6-3-2-4-7-11/h2-4,6-7,10,18H,5,8-9H2,1H3,(H2,15,16,17,19). The molecule has 2 aromatic rings. The molecule has 0 aliphatic rings. The molecule has 0 bridgehead atoms. The number of aromatic nitrogens is 1. The molecule has 7 heteroatoms. The van der Waals surface area contributed by atoms with E-state index in [1.165, 1.54) is 24.0 Å². The topological polar surface area (TPSA) is 75.3 Å². The van der Waals surface area contributed by atoms with E-state index in [4.69, 9.17) is 4.84 Å². The summed E-state index contributed by atoms with van der Waals surface area (Å²) in [6, 6.07) is 9.95. The number of thiazole rings is 1. The second kappa shape index (κ2) is 8.23. The first-order chi connectivity index (χ1) is 10.3. The number of anilines is 2. The predicted molar refractivity (Wildman–Crippen MR) is 84.5 cm³/mol. The van der Waals surface area contributed by atoms with Crippen LogP contribution in [0.25, 0.3) is 0 Å². The van der Waals surface area contributed by atoms with Gasteiger partial charge in [-0.25, -0.2) is 9.78 Å².